The Kier molecular flexibility index (Phi) is 4.71. The molecule has 0 aliphatic carbocycles. The average Bonchev–Trinajstić information content (AvgIpc) is 3.01. The fourth-order valence-corrected chi connectivity index (χ4v) is 2.64. The molecule has 0 saturated heterocycles. The van der Waals surface area contributed by atoms with Gasteiger partial charge in [-0.1, -0.05) is 23.7 Å². The van der Waals surface area contributed by atoms with Gasteiger partial charge in [0.15, 0.2) is 11.3 Å². The number of hydrogen-bond donors (Lipinski definition) is 1. The van der Waals surface area contributed by atoms with Gasteiger partial charge in [0.05, 0.1) is 18.2 Å². The summed E-state index contributed by atoms with van der Waals surface area (Å²) >= 11 is 5.96. The second-order valence-corrected chi connectivity index (χ2v) is 5.65. The summed E-state index contributed by atoms with van der Waals surface area (Å²) in [5.74, 6) is 1.03. The van der Waals surface area contributed by atoms with Crippen LogP contribution in [0.1, 0.15) is 36.0 Å². The van der Waals surface area contributed by atoms with Crippen molar-refractivity contribution >= 4 is 28.5 Å². The molecule has 0 bridgehead atoms. The number of pyridine rings is 1. The van der Waals surface area contributed by atoms with Crippen LogP contribution in [0.2, 0.25) is 5.15 Å². The molecule has 6 heteroatoms. The van der Waals surface area contributed by atoms with Gasteiger partial charge in [0.25, 0.3) is 5.91 Å². The minimum Gasteiger partial charge on any atom is -0.490 e. The molecule has 124 valence electrons. The standard InChI is InChI=1S/C18H17ClN2O3/c1-3-23-14-8-4-6-12-10-15(24-16(12)14)11(2)21-18(22)13-7-5-9-20-17(13)19/h4-11H,3H2,1-2H3,(H,21,22). The maximum atomic E-state index is 12.3. The number of para-hydroxylation sites is 1. The third kappa shape index (κ3) is 3.21. The summed E-state index contributed by atoms with van der Waals surface area (Å²) in [7, 11) is 0. The predicted octanol–water partition coefficient (Wildman–Crippen LogP) is 4.37. The number of furan rings is 1. The van der Waals surface area contributed by atoms with Crippen LogP contribution >= 0.6 is 11.6 Å². The number of carbonyl (C=O) groups excluding carboxylic acids is 1. The third-order valence-electron chi connectivity index (χ3n) is 3.60. The number of carbonyl (C=O) groups is 1. The van der Waals surface area contributed by atoms with E-state index in [1.165, 1.54) is 6.20 Å². The number of aromatic nitrogens is 1. The van der Waals surface area contributed by atoms with Crippen LogP contribution in [0.25, 0.3) is 11.0 Å². The van der Waals surface area contributed by atoms with Crippen molar-refractivity contribution in [2.45, 2.75) is 19.9 Å². The van der Waals surface area contributed by atoms with Gasteiger partial charge >= 0.3 is 0 Å². The number of halogens is 1. The molecular weight excluding hydrogens is 328 g/mol. The van der Waals surface area contributed by atoms with Crippen LogP contribution in [0.5, 0.6) is 5.75 Å². The molecule has 0 saturated carbocycles. The first-order chi connectivity index (χ1) is 11.6. The molecule has 0 aliphatic heterocycles. The number of hydrogen-bond acceptors (Lipinski definition) is 4. The lowest BCUT2D eigenvalue weighted by atomic mass is 10.2. The first-order valence-corrected chi connectivity index (χ1v) is 8.04. The second-order valence-electron chi connectivity index (χ2n) is 5.29. The zero-order valence-corrected chi connectivity index (χ0v) is 14.1. The highest BCUT2D eigenvalue weighted by Gasteiger charge is 2.18. The lowest BCUT2D eigenvalue weighted by Crippen LogP contribution is -2.26. The van der Waals surface area contributed by atoms with E-state index >= 15 is 0 Å². The smallest absolute Gasteiger partial charge is 0.254 e. The Balaban J connectivity index is 1.84. The van der Waals surface area contributed by atoms with Crippen molar-refractivity contribution in [3.05, 3.63) is 59.1 Å². The number of nitrogens with one attached hydrogen (secondary N) is 1. The lowest BCUT2D eigenvalue weighted by molar-refractivity contribution is 0.0935. The van der Waals surface area contributed by atoms with Crippen LogP contribution in [0.15, 0.2) is 47.0 Å². The van der Waals surface area contributed by atoms with Crippen LogP contribution in [-0.2, 0) is 0 Å². The molecule has 1 aromatic carbocycles. The normalized spacial score (nSPS) is 12.1. The molecule has 2 aromatic heterocycles. The van der Waals surface area contributed by atoms with Crippen molar-refractivity contribution < 1.29 is 13.9 Å². The van der Waals surface area contributed by atoms with E-state index in [-0.39, 0.29) is 17.1 Å². The van der Waals surface area contributed by atoms with Crippen molar-refractivity contribution in [1.82, 2.24) is 10.3 Å². The summed E-state index contributed by atoms with van der Waals surface area (Å²) < 4.78 is 11.5. The van der Waals surface area contributed by atoms with E-state index in [2.05, 4.69) is 10.3 Å². The van der Waals surface area contributed by atoms with Crippen LogP contribution in [0.4, 0.5) is 0 Å². The first-order valence-electron chi connectivity index (χ1n) is 7.66. The van der Waals surface area contributed by atoms with E-state index in [1.807, 2.05) is 38.1 Å². The summed E-state index contributed by atoms with van der Waals surface area (Å²) in [4.78, 5) is 16.2. The molecule has 3 aromatic rings. The van der Waals surface area contributed by atoms with E-state index in [9.17, 15) is 4.79 Å². The van der Waals surface area contributed by atoms with E-state index in [0.29, 0.717) is 29.3 Å². The average molecular weight is 345 g/mol. The Bertz CT molecular complexity index is 876. The third-order valence-corrected chi connectivity index (χ3v) is 3.91. The van der Waals surface area contributed by atoms with Crippen molar-refractivity contribution in [1.29, 1.82) is 0 Å². The summed E-state index contributed by atoms with van der Waals surface area (Å²) in [5.41, 5.74) is 1.01. The molecule has 1 N–H and O–H groups in total. The van der Waals surface area contributed by atoms with Crippen LogP contribution in [0, 0.1) is 0 Å². The largest absolute Gasteiger partial charge is 0.490 e. The lowest BCUT2D eigenvalue weighted by Gasteiger charge is -2.11. The summed E-state index contributed by atoms with van der Waals surface area (Å²) in [6, 6.07) is 10.6. The molecule has 1 unspecified atom stereocenters. The molecule has 24 heavy (non-hydrogen) atoms. The molecule has 0 radical (unpaired) electrons. The molecule has 0 fully saturated rings. The Hall–Kier alpha value is -2.53. The highest BCUT2D eigenvalue weighted by Crippen LogP contribution is 2.31. The number of ether oxygens (including phenoxy) is 1. The maximum Gasteiger partial charge on any atom is 0.254 e. The van der Waals surface area contributed by atoms with Crippen molar-refractivity contribution in [3.63, 3.8) is 0 Å². The number of benzene rings is 1. The number of fused-ring (bicyclic) bond motifs is 1. The zero-order valence-electron chi connectivity index (χ0n) is 13.4. The van der Waals surface area contributed by atoms with Crippen molar-refractivity contribution in [3.8, 4) is 5.75 Å². The number of rotatable bonds is 5. The Morgan fingerprint density at radius 1 is 1.38 bits per heavy atom. The maximum absolute atomic E-state index is 12.3. The zero-order chi connectivity index (χ0) is 17.1. The van der Waals surface area contributed by atoms with Gasteiger partial charge in [0.1, 0.15) is 10.9 Å². The minimum absolute atomic E-state index is 0.172. The van der Waals surface area contributed by atoms with Gasteiger partial charge in [-0.3, -0.25) is 4.79 Å². The Morgan fingerprint density at radius 3 is 2.96 bits per heavy atom. The van der Waals surface area contributed by atoms with Crippen LogP contribution in [0.3, 0.4) is 0 Å². The van der Waals surface area contributed by atoms with Gasteiger partial charge < -0.3 is 14.5 Å². The molecule has 1 atom stereocenters. The quantitative estimate of drug-likeness (QED) is 0.698. The van der Waals surface area contributed by atoms with Gasteiger partial charge in [-0.25, -0.2) is 4.98 Å². The van der Waals surface area contributed by atoms with E-state index < -0.39 is 0 Å². The highest BCUT2D eigenvalue weighted by molar-refractivity contribution is 6.32. The Morgan fingerprint density at radius 2 is 2.21 bits per heavy atom. The predicted molar refractivity (Wildman–Crippen MR) is 92.5 cm³/mol. The molecule has 2 heterocycles. The fourth-order valence-electron chi connectivity index (χ4n) is 2.44. The highest BCUT2D eigenvalue weighted by atomic mass is 35.5. The monoisotopic (exact) mass is 344 g/mol. The number of amides is 1. The SMILES string of the molecule is CCOc1cccc2cc(C(C)NC(=O)c3cccnc3Cl)oc12. The van der Waals surface area contributed by atoms with Crippen molar-refractivity contribution in [2.75, 3.05) is 6.61 Å². The molecule has 3 rings (SSSR count). The summed E-state index contributed by atoms with van der Waals surface area (Å²) in [6.45, 7) is 4.32. The number of nitrogens with zero attached hydrogens (tertiary/aromatic N) is 1. The molecule has 1 amide bonds. The van der Waals surface area contributed by atoms with E-state index in [1.54, 1.807) is 12.1 Å². The van der Waals surface area contributed by atoms with Crippen LogP contribution in [-0.4, -0.2) is 17.5 Å². The minimum atomic E-state index is -0.323. The molecule has 5 nitrogen and oxygen atoms in total. The van der Waals surface area contributed by atoms with Crippen molar-refractivity contribution in [2.24, 2.45) is 0 Å². The van der Waals surface area contributed by atoms with Gasteiger partial charge in [0, 0.05) is 11.6 Å². The van der Waals surface area contributed by atoms with E-state index in [4.69, 9.17) is 20.8 Å². The van der Waals surface area contributed by atoms with Gasteiger partial charge in [-0.05, 0) is 38.1 Å². The van der Waals surface area contributed by atoms with Gasteiger partial charge in [-0.15, -0.1) is 0 Å². The van der Waals surface area contributed by atoms with Gasteiger partial charge in [0.2, 0.25) is 0 Å². The first kappa shape index (κ1) is 16.3. The Labute approximate surface area is 144 Å². The topological polar surface area (TPSA) is 64.4 Å². The fraction of sp³-hybridized carbons (Fsp3) is 0.222. The summed E-state index contributed by atoms with van der Waals surface area (Å²) in [6.07, 6.45) is 1.54. The molecule has 0 spiro atoms. The van der Waals surface area contributed by atoms with Crippen LogP contribution < -0.4 is 10.1 Å². The summed E-state index contributed by atoms with van der Waals surface area (Å²) in [5, 5.41) is 3.97. The molecular formula is C18H17ClN2O3. The second kappa shape index (κ2) is 6.93. The molecule has 0 aliphatic rings. The van der Waals surface area contributed by atoms with E-state index in [0.717, 1.165) is 5.39 Å². The van der Waals surface area contributed by atoms with Gasteiger partial charge in [-0.2, -0.15) is 0 Å².